The Morgan fingerprint density at radius 3 is 2.36 bits per heavy atom. The zero-order valence-corrected chi connectivity index (χ0v) is 29.8. The molecule has 4 atom stereocenters. The van der Waals surface area contributed by atoms with E-state index >= 15 is 0 Å². The molecular weight excluding hydrogens is 617 g/mol. The fourth-order valence-electron chi connectivity index (χ4n) is 6.22. The van der Waals surface area contributed by atoms with Gasteiger partial charge < -0.3 is 37.2 Å². The van der Waals surface area contributed by atoms with Crippen LogP contribution < -0.4 is 5.32 Å². The summed E-state index contributed by atoms with van der Waals surface area (Å²) in [7, 11) is -5.78. The van der Waals surface area contributed by atoms with E-state index in [4.69, 9.17) is 37.2 Å². The highest BCUT2D eigenvalue weighted by molar-refractivity contribution is 6.84. The average molecular weight is 665 g/mol. The van der Waals surface area contributed by atoms with E-state index in [2.05, 4.69) is 75.7 Å². The number of hydrogen-bond donors (Lipinski definition) is 1. The van der Waals surface area contributed by atoms with Crippen LogP contribution in [0.1, 0.15) is 75.0 Å². The third-order valence-corrected chi connectivity index (χ3v) is 18.7. The number of amides is 1. The van der Waals surface area contributed by atoms with Crippen molar-refractivity contribution < 1.29 is 36.7 Å². The average Bonchev–Trinajstić information content (AvgIpc) is 3.53. The van der Waals surface area contributed by atoms with Gasteiger partial charge in [-0.25, -0.2) is 15.0 Å². The molecule has 0 saturated carbocycles. The van der Waals surface area contributed by atoms with Gasteiger partial charge in [0.1, 0.15) is 38.2 Å². The molecule has 2 aromatic rings. The summed E-state index contributed by atoms with van der Waals surface area (Å²) in [5, 5.41) is 11.5. The van der Waals surface area contributed by atoms with Gasteiger partial charge in [0.25, 0.3) is 0 Å². The van der Waals surface area contributed by atoms with Crippen LogP contribution >= 0.6 is 0 Å². The maximum atomic E-state index is 11.8. The van der Waals surface area contributed by atoms with Gasteiger partial charge in [-0.2, -0.15) is 5.26 Å². The Morgan fingerprint density at radius 2 is 1.73 bits per heavy atom. The topological polar surface area (TPSA) is 161 Å². The Labute approximate surface area is 267 Å². The standard InChI is InChI=1S/C29H48N6O8Si2/c1-18(2)44(19(3)4)40-13-23-25(42-45(43-44,20(5)6)21(7)8)26(39-17-38-16-37-12-10-11-30)29(41-23)35-15-33-24-27(34-22(9)36)31-14-32-28(24)35/h14-15,18-21,23,25-26,29H,10,12-13,16-17H2,1-9H3,(H,31,32,34,36)/t23-,25?,26+,29-/m1/s1. The van der Waals surface area contributed by atoms with E-state index in [0.717, 1.165) is 0 Å². The molecule has 45 heavy (non-hydrogen) atoms. The van der Waals surface area contributed by atoms with Gasteiger partial charge in [0, 0.05) is 6.92 Å². The number of hydrogen-bond acceptors (Lipinski definition) is 12. The number of carbonyl (C=O) groups excluding carboxylic acids is 1. The number of carbonyl (C=O) groups is 1. The summed E-state index contributed by atoms with van der Waals surface area (Å²) in [4.78, 5) is 25.0. The molecule has 1 amide bonds. The van der Waals surface area contributed by atoms with Crippen LogP contribution in [0.3, 0.4) is 0 Å². The predicted octanol–water partition coefficient (Wildman–Crippen LogP) is 4.89. The summed E-state index contributed by atoms with van der Waals surface area (Å²) in [5.74, 6) is 0.0296. The largest absolute Gasteiger partial charge is 0.414 e. The molecule has 1 unspecified atom stereocenters. The van der Waals surface area contributed by atoms with Gasteiger partial charge in [-0.1, -0.05) is 55.4 Å². The smallest absolute Gasteiger partial charge is 0.335 e. The fourth-order valence-corrected chi connectivity index (χ4v) is 17.4. The summed E-state index contributed by atoms with van der Waals surface area (Å²) in [6.45, 7) is 19.2. The Morgan fingerprint density at radius 1 is 1.04 bits per heavy atom. The van der Waals surface area contributed by atoms with Crippen molar-refractivity contribution in [3.63, 3.8) is 0 Å². The minimum absolute atomic E-state index is 0.0318. The first-order valence-electron chi connectivity index (χ1n) is 15.6. The number of rotatable bonds is 13. The molecule has 0 aliphatic carbocycles. The quantitative estimate of drug-likeness (QED) is 0.176. The Balaban J connectivity index is 1.75. The molecule has 4 rings (SSSR count). The number of nitrogens with one attached hydrogen (secondary N) is 1. The second kappa shape index (κ2) is 15.0. The predicted molar refractivity (Wildman–Crippen MR) is 169 cm³/mol. The van der Waals surface area contributed by atoms with Crippen LogP contribution in [0.15, 0.2) is 12.7 Å². The van der Waals surface area contributed by atoms with Crippen LogP contribution in [0.25, 0.3) is 11.2 Å². The first-order chi connectivity index (χ1) is 21.4. The molecule has 0 aromatic carbocycles. The molecule has 0 bridgehead atoms. The third-order valence-electron chi connectivity index (χ3n) is 8.41. The van der Waals surface area contributed by atoms with Crippen LogP contribution in [0.5, 0.6) is 0 Å². The number of anilines is 1. The van der Waals surface area contributed by atoms with Gasteiger partial charge in [0.05, 0.1) is 32.0 Å². The number of nitrogens with zero attached hydrogens (tertiary/aromatic N) is 5. The van der Waals surface area contributed by atoms with Crippen molar-refractivity contribution in [1.29, 1.82) is 5.26 Å². The molecule has 2 fully saturated rings. The lowest BCUT2D eigenvalue weighted by atomic mass is 10.1. The number of imidazole rings is 1. The van der Waals surface area contributed by atoms with E-state index in [1.54, 1.807) is 10.9 Å². The maximum Gasteiger partial charge on any atom is 0.335 e. The van der Waals surface area contributed by atoms with E-state index < -0.39 is 41.7 Å². The highest BCUT2D eigenvalue weighted by atomic mass is 28.5. The molecule has 2 aliphatic rings. The van der Waals surface area contributed by atoms with E-state index in [9.17, 15) is 4.79 Å². The fraction of sp³-hybridized carbons (Fsp3) is 0.759. The van der Waals surface area contributed by atoms with Gasteiger partial charge in [-0.15, -0.1) is 0 Å². The number of fused-ring (bicyclic) bond motifs is 2. The van der Waals surface area contributed by atoms with Crippen LogP contribution in [-0.2, 0) is 36.7 Å². The molecule has 2 saturated heterocycles. The molecule has 250 valence electrons. The van der Waals surface area contributed by atoms with Gasteiger partial charge in [0.15, 0.2) is 23.2 Å². The summed E-state index contributed by atoms with van der Waals surface area (Å²) in [6, 6.07) is 2.04. The molecule has 4 heterocycles. The van der Waals surface area contributed by atoms with Crippen molar-refractivity contribution in [2.24, 2.45) is 0 Å². The molecule has 14 nitrogen and oxygen atoms in total. The number of aromatic nitrogens is 4. The number of ether oxygens (including phenoxy) is 4. The monoisotopic (exact) mass is 664 g/mol. The Bertz CT molecular complexity index is 1320. The summed E-state index contributed by atoms with van der Waals surface area (Å²) < 4.78 is 47.5. The molecule has 0 spiro atoms. The van der Waals surface area contributed by atoms with Crippen molar-refractivity contribution in [2.75, 3.05) is 32.1 Å². The third kappa shape index (κ3) is 7.31. The van der Waals surface area contributed by atoms with E-state index in [1.807, 2.05) is 6.07 Å². The summed E-state index contributed by atoms with van der Waals surface area (Å²) in [5.41, 5.74) is 1.46. The second-order valence-corrected chi connectivity index (χ2v) is 21.6. The van der Waals surface area contributed by atoms with Crippen molar-refractivity contribution in [3.05, 3.63) is 12.7 Å². The van der Waals surface area contributed by atoms with E-state index in [0.29, 0.717) is 17.0 Å². The summed E-state index contributed by atoms with van der Waals surface area (Å²) in [6.07, 6.45) is 0.795. The first-order valence-corrected chi connectivity index (χ1v) is 19.6. The highest BCUT2D eigenvalue weighted by Gasteiger charge is 2.62. The minimum atomic E-state index is -2.99. The molecular formula is C29H48N6O8Si2. The van der Waals surface area contributed by atoms with Crippen molar-refractivity contribution in [1.82, 2.24) is 19.5 Å². The van der Waals surface area contributed by atoms with Gasteiger partial charge in [-0.05, 0) is 22.2 Å². The highest BCUT2D eigenvalue weighted by Crippen LogP contribution is 2.49. The SMILES string of the molecule is CC(=O)Nc1ncnc2c1ncn2[C@@H]1O[C@@H]2CO[Si](C(C)C)(C(C)C)O[Si](C(C)C)(C(C)C)OC2[C@@H]1OCOCOCCC#N. The van der Waals surface area contributed by atoms with Crippen molar-refractivity contribution in [3.8, 4) is 6.07 Å². The van der Waals surface area contributed by atoms with E-state index in [-0.39, 0.29) is 61.3 Å². The summed E-state index contributed by atoms with van der Waals surface area (Å²) >= 11 is 0. The number of nitriles is 1. The van der Waals surface area contributed by atoms with Crippen LogP contribution in [0.4, 0.5) is 5.82 Å². The normalized spacial score (nSPS) is 24.6. The van der Waals surface area contributed by atoms with Crippen molar-refractivity contribution >= 4 is 40.0 Å². The lowest BCUT2D eigenvalue weighted by Crippen LogP contribution is -2.66. The van der Waals surface area contributed by atoms with Crippen molar-refractivity contribution in [2.45, 2.75) is 115 Å². The molecule has 16 heteroatoms. The maximum absolute atomic E-state index is 11.8. The zero-order chi connectivity index (χ0) is 32.9. The van der Waals surface area contributed by atoms with Crippen LogP contribution in [0, 0.1) is 11.3 Å². The Hall–Kier alpha value is -2.34. The molecule has 1 N–H and O–H groups in total. The molecule has 2 aliphatic heterocycles. The van der Waals surface area contributed by atoms with Gasteiger partial charge in [-0.3, -0.25) is 9.36 Å². The molecule has 0 radical (unpaired) electrons. The van der Waals surface area contributed by atoms with Gasteiger partial charge in [0.2, 0.25) is 5.91 Å². The Kier molecular flexibility index (Phi) is 11.9. The zero-order valence-electron chi connectivity index (χ0n) is 27.8. The van der Waals surface area contributed by atoms with Crippen LogP contribution in [0.2, 0.25) is 22.2 Å². The second-order valence-electron chi connectivity index (χ2n) is 12.7. The first kappa shape index (κ1) is 35.5. The molecule has 2 aromatic heterocycles. The van der Waals surface area contributed by atoms with Gasteiger partial charge >= 0.3 is 17.1 Å². The minimum Gasteiger partial charge on any atom is -0.414 e. The van der Waals surface area contributed by atoms with E-state index in [1.165, 1.54) is 13.3 Å². The lowest BCUT2D eigenvalue weighted by molar-refractivity contribution is -0.174. The lowest BCUT2D eigenvalue weighted by Gasteiger charge is -2.51. The van der Waals surface area contributed by atoms with Crippen LogP contribution in [-0.4, -0.2) is 87.7 Å².